The van der Waals surface area contributed by atoms with Crippen molar-refractivity contribution in [3.8, 4) is 11.5 Å². The zero-order chi connectivity index (χ0) is 19.3. The average molecular weight is 370 g/mol. The molecule has 26 heavy (non-hydrogen) atoms. The number of aromatic nitrogens is 1. The third-order valence-corrected chi connectivity index (χ3v) is 3.52. The fourth-order valence-electron chi connectivity index (χ4n) is 2.12. The van der Waals surface area contributed by atoms with Gasteiger partial charge in [-0.3, -0.25) is 9.59 Å². The number of hydrogen-bond acceptors (Lipinski definition) is 4. The second-order valence-corrected chi connectivity index (χ2v) is 5.48. The van der Waals surface area contributed by atoms with Crippen LogP contribution in [0.1, 0.15) is 22.3 Å². The normalized spacial score (nSPS) is 11.2. The fourth-order valence-corrected chi connectivity index (χ4v) is 2.12. The van der Waals surface area contributed by atoms with Crippen LogP contribution in [0.5, 0.6) is 11.5 Å². The summed E-state index contributed by atoms with van der Waals surface area (Å²) in [6.45, 7) is 0.247. The van der Waals surface area contributed by atoms with Crippen molar-refractivity contribution in [2.75, 3.05) is 13.2 Å². The zero-order valence-corrected chi connectivity index (χ0v) is 13.8. The highest BCUT2D eigenvalue weighted by molar-refractivity contribution is 5.96. The third-order valence-electron chi connectivity index (χ3n) is 3.52. The van der Waals surface area contributed by atoms with E-state index >= 15 is 0 Å². The first kappa shape index (κ1) is 19.4. The Kier molecular flexibility index (Phi) is 5.91. The maximum Gasteiger partial charge on any atom is 0.416 e. The first-order chi connectivity index (χ1) is 12.2. The minimum atomic E-state index is -4.44. The van der Waals surface area contributed by atoms with Gasteiger partial charge in [0.05, 0.1) is 17.7 Å². The van der Waals surface area contributed by atoms with E-state index in [0.29, 0.717) is 6.42 Å². The molecule has 2 aromatic rings. The highest BCUT2D eigenvalue weighted by Crippen LogP contribution is 2.31. The van der Waals surface area contributed by atoms with E-state index < -0.39 is 29.0 Å². The first-order valence-electron chi connectivity index (χ1n) is 7.67. The lowest BCUT2D eigenvalue weighted by Crippen LogP contribution is -2.28. The molecular weight excluding hydrogens is 353 g/mol. The van der Waals surface area contributed by atoms with Crippen LogP contribution in [0.4, 0.5) is 13.2 Å². The Hall–Kier alpha value is -2.97. The molecule has 0 aliphatic rings. The number of ether oxygens (including phenoxy) is 1. The Morgan fingerprint density at radius 3 is 2.73 bits per heavy atom. The summed E-state index contributed by atoms with van der Waals surface area (Å²) < 4.78 is 44.2. The number of carbonyl (C=O) groups excluding carboxylic acids is 1. The summed E-state index contributed by atoms with van der Waals surface area (Å²) in [7, 11) is 1.44. The number of alkyl halides is 3. The number of pyridine rings is 1. The Balaban J connectivity index is 1.82. The van der Waals surface area contributed by atoms with E-state index in [1.54, 1.807) is 0 Å². The van der Waals surface area contributed by atoms with Crippen LogP contribution in [0.3, 0.4) is 0 Å². The van der Waals surface area contributed by atoms with Crippen LogP contribution in [0, 0.1) is 0 Å². The number of nitrogens with zero attached hydrogens (tertiary/aromatic N) is 1. The number of hydrogen-bond donors (Lipinski definition) is 2. The number of nitrogens with one attached hydrogen (secondary N) is 1. The van der Waals surface area contributed by atoms with Crippen molar-refractivity contribution in [1.82, 2.24) is 9.88 Å². The summed E-state index contributed by atoms with van der Waals surface area (Å²) in [5.74, 6) is -1.19. The fraction of sp³-hybridized carbons (Fsp3) is 0.294. The highest BCUT2D eigenvalue weighted by atomic mass is 19.4. The van der Waals surface area contributed by atoms with Gasteiger partial charge in [0, 0.05) is 19.8 Å². The second kappa shape index (κ2) is 7.94. The molecular formula is C17H17F3N2O4. The first-order valence-corrected chi connectivity index (χ1v) is 7.67. The quantitative estimate of drug-likeness (QED) is 0.765. The third kappa shape index (κ3) is 4.78. The molecule has 0 spiro atoms. The molecule has 0 aliphatic heterocycles. The molecule has 0 saturated heterocycles. The van der Waals surface area contributed by atoms with Gasteiger partial charge in [0.15, 0.2) is 5.75 Å². The molecule has 1 aromatic carbocycles. The van der Waals surface area contributed by atoms with Gasteiger partial charge in [0.25, 0.3) is 11.5 Å². The molecule has 0 radical (unpaired) electrons. The molecule has 1 aromatic heterocycles. The molecule has 1 amide bonds. The van der Waals surface area contributed by atoms with Crippen LogP contribution in [0.25, 0.3) is 0 Å². The molecule has 0 fully saturated rings. The smallest absolute Gasteiger partial charge is 0.416 e. The molecule has 2 N–H and O–H groups in total. The molecule has 0 aliphatic carbocycles. The number of rotatable bonds is 6. The summed E-state index contributed by atoms with van der Waals surface area (Å²) in [5, 5.41) is 12.2. The number of amides is 1. The standard InChI is InChI=1S/C17H17F3N2O4/c1-22-8-6-13(14(23)16(22)25)15(24)21-7-3-9-26-12-5-2-4-11(10-12)17(18,19)20/h2,4-6,8,10,23H,3,7,9H2,1H3,(H,21,24). The van der Waals surface area contributed by atoms with Crippen molar-refractivity contribution < 1.29 is 27.8 Å². The average Bonchev–Trinajstić information content (AvgIpc) is 2.59. The van der Waals surface area contributed by atoms with Gasteiger partial charge >= 0.3 is 6.18 Å². The van der Waals surface area contributed by atoms with E-state index in [2.05, 4.69) is 5.32 Å². The summed E-state index contributed by atoms with van der Waals surface area (Å²) in [6, 6.07) is 5.81. The van der Waals surface area contributed by atoms with Crippen LogP contribution < -0.4 is 15.6 Å². The monoisotopic (exact) mass is 370 g/mol. The largest absolute Gasteiger partial charge is 0.502 e. The van der Waals surface area contributed by atoms with E-state index in [-0.39, 0.29) is 24.5 Å². The summed E-state index contributed by atoms with van der Waals surface area (Å²) in [6.07, 6.45) is -2.76. The van der Waals surface area contributed by atoms with Crippen LogP contribution >= 0.6 is 0 Å². The van der Waals surface area contributed by atoms with Gasteiger partial charge in [-0.1, -0.05) is 6.07 Å². The number of benzene rings is 1. The molecule has 9 heteroatoms. The van der Waals surface area contributed by atoms with Crippen molar-refractivity contribution in [2.24, 2.45) is 7.05 Å². The summed E-state index contributed by atoms with van der Waals surface area (Å²) >= 11 is 0. The molecule has 140 valence electrons. The minimum Gasteiger partial charge on any atom is -0.502 e. The topological polar surface area (TPSA) is 80.6 Å². The summed E-state index contributed by atoms with van der Waals surface area (Å²) in [4.78, 5) is 23.5. The van der Waals surface area contributed by atoms with Crippen LogP contribution in [0.15, 0.2) is 41.3 Å². The number of aromatic hydroxyl groups is 1. The van der Waals surface area contributed by atoms with E-state index in [1.807, 2.05) is 0 Å². The Morgan fingerprint density at radius 1 is 1.31 bits per heavy atom. The lowest BCUT2D eigenvalue weighted by atomic mass is 10.2. The van der Waals surface area contributed by atoms with Gasteiger partial charge in [-0.25, -0.2) is 0 Å². The number of aryl methyl sites for hydroxylation is 1. The highest BCUT2D eigenvalue weighted by Gasteiger charge is 2.30. The SMILES string of the molecule is Cn1ccc(C(=O)NCCCOc2cccc(C(F)(F)F)c2)c(O)c1=O. The van der Waals surface area contributed by atoms with Gasteiger partial charge in [0.2, 0.25) is 0 Å². The van der Waals surface area contributed by atoms with E-state index in [9.17, 15) is 27.9 Å². The van der Waals surface area contributed by atoms with Crippen molar-refractivity contribution in [2.45, 2.75) is 12.6 Å². The summed E-state index contributed by atoms with van der Waals surface area (Å²) in [5.41, 5.74) is -1.64. The molecule has 0 saturated carbocycles. The zero-order valence-electron chi connectivity index (χ0n) is 13.8. The van der Waals surface area contributed by atoms with Gasteiger partial charge in [-0.2, -0.15) is 13.2 Å². The number of halogens is 3. The van der Waals surface area contributed by atoms with Gasteiger partial charge < -0.3 is 19.7 Å². The van der Waals surface area contributed by atoms with Gasteiger partial charge in [0.1, 0.15) is 5.75 Å². The van der Waals surface area contributed by atoms with E-state index in [0.717, 1.165) is 16.7 Å². The van der Waals surface area contributed by atoms with Gasteiger partial charge in [-0.05, 0) is 30.7 Å². The molecule has 0 atom stereocenters. The Labute approximate surface area is 146 Å². The second-order valence-electron chi connectivity index (χ2n) is 5.48. The Morgan fingerprint density at radius 2 is 2.04 bits per heavy atom. The number of carbonyl (C=O) groups is 1. The van der Waals surface area contributed by atoms with Crippen molar-refractivity contribution >= 4 is 5.91 Å². The van der Waals surface area contributed by atoms with E-state index in [1.165, 1.54) is 31.4 Å². The maximum absolute atomic E-state index is 12.6. The van der Waals surface area contributed by atoms with Crippen LogP contribution in [0.2, 0.25) is 0 Å². The Bertz CT molecular complexity index is 847. The lowest BCUT2D eigenvalue weighted by molar-refractivity contribution is -0.137. The molecule has 1 heterocycles. The van der Waals surface area contributed by atoms with E-state index in [4.69, 9.17) is 4.74 Å². The van der Waals surface area contributed by atoms with Crippen LogP contribution in [-0.2, 0) is 13.2 Å². The van der Waals surface area contributed by atoms with Crippen molar-refractivity contribution in [3.05, 3.63) is 58.0 Å². The van der Waals surface area contributed by atoms with Crippen LogP contribution in [-0.4, -0.2) is 28.7 Å². The molecule has 2 rings (SSSR count). The van der Waals surface area contributed by atoms with Crippen molar-refractivity contribution in [3.63, 3.8) is 0 Å². The molecule has 0 unspecified atom stereocenters. The van der Waals surface area contributed by atoms with Crippen molar-refractivity contribution in [1.29, 1.82) is 0 Å². The predicted octanol–water partition coefficient (Wildman–Crippen LogP) is 2.31. The molecule has 0 bridgehead atoms. The predicted molar refractivity (Wildman–Crippen MR) is 87.2 cm³/mol. The maximum atomic E-state index is 12.6. The van der Waals surface area contributed by atoms with Gasteiger partial charge in [-0.15, -0.1) is 0 Å². The minimum absolute atomic E-state index is 0.0790. The lowest BCUT2D eigenvalue weighted by Gasteiger charge is -2.11. The molecule has 6 nitrogen and oxygen atoms in total.